The predicted molar refractivity (Wildman–Crippen MR) is 92.9 cm³/mol. The van der Waals surface area contributed by atoms with E-state index in [2.05, 4.69) is 10.6 Å². The first-order chi connectivity index (χ1) is 11.1. The van der Waals surface area contributed by atoms with Gasteiger partial charge < -0.3 is 20.1 Å². The van der Waals surface area contributed by atoms with Crippen molar-refractivity contribution in [1.82, 2.24) is 0 Å². The van der Waals surface area contributed by atoms with Gasteiger partial charge in [-0.3, -0.25) is 0 Å². The lowest BCUT2D eigenvalue weighted by molar-refractivity contribution is 0.262. The highest BCUT2D eigenvalue weighted by Gasteiger charge is 2.08. The average molecular weight is 335 g/mol. The largest absolute Gasteiger partial charge is 0.490 e. The molecule has 0 saturated heterocycles. The van der Waals surface area contributed by atoms with Crippen LogP contribution in [0.5, 0.6) is 11.5 Å². The van der Waals surface area contributed by atoms with Crippen molar-refractivity contribution in [3.63, 3.8) is 0 Å². The lowest BCUT2D eigenvalue weighted by Crippen LogP contribution is -2.19. The minimum Gasteiger partial charge on any atom is -0.490 e. The second kappa shape index (κ2) is 8.29. The third-order valence-corrected chi connectivity index (χ3v) is 3.16. The first-order valence-electron chi connectivity index (χ1n) is 7.35. The SMILES string of the molecule is CCOc1ccc(NC(=O)Nc2ccc(Cl)cc2)cc1OCC. The lowest BCUT2D eigenvalue weighted by atomic mass is 10.2. The minimum atomic E-state index is -0.348. The number of benzene rings is 2. The van der Waals surface area contributed by atoms with Crippen molar-refractivity contribution >= 4 is 29.0 Å². The van der Waals surface area contributed by atoms with Gasteiger partial charge >= 0.3 is 6.03 Å². The number of rotatable bonds is 6. The van der Waals surface area contributed by atoms with Crippen LogP contribution in [0.15, 0.2) is 42.5 Å². The second-order valence-electron chi connectivity index (χ2n) is 4.61. The van der Waals surface area contributed by atoms with Gasteiger partial charge in [0.15, 0.2) is 11.5 Å². The first-order valence-corrected chi connectivity index (χ1v) is 7.73. The number of anilines is 2. The van der Waals surface area contributed by atoms with E-state index in [1.165, 1.54) is 0 Å². The van der Waals surface area contributed by atoms with Gasteiger partial charge in [0.25, 0.3) is 0 Å². The number of carbonyl (C=O) groups is 1. The summed E-state index contributed by atoms with van der Waals surface area (Å²) >= 11 is 5.81. The van der Waals surface area contributed by atoms with E-state index < -0.39 is 0 Å². The molecule has 0 bridgehead atoms. The summed E-state index contributed by atoms with van der Waals surface area (Å²) < 4.78 is 11.0. The van der Waals surface area contributed by atoms with Crippen LogP contribution in [0.1, 0.15) is 13.8 Å². The van der Waals surface area contributed by atoms with Crippen molar-refractivity contribution in [2.45, 2.75) is 13.8 Å². The van der Waals surface area contributed by atoms with Gasteiger partial charge in [-0.1, -0.05) is 11.6 Å². The van der Waals surface area contributed by atoms with Crippen LogP contribution in [0.25, 0.3) is 0 Å². The molecule has 0 saturated carbocycles. The van der Waals surface area contributed by atoms with E-state index in [-0.39, 0.29) is 6.03 Å². The summed E-state index contributed by atoms with van der Waals surface area (Å²) in [6.45, 7) is 4.86. The number of hydrogen-bond donors (Lipinski definition) is 2. The third kappa shape index (κ3) is 5.07. The summed E-state index contributed by atoms with van der Waals surface area (Å²) in [5.41, 5.74) is 1.27. The number of amides is 2. The van der Waals surface area contributed by atoms with E-state index >= 15 is 0 Å². The molecule has 0 aliphatic heterocycles. The van der Waals surface area contributed by atoms with E-state index in [0.717, 1.165) is 0 Å². The Morgan fingerprint density at radius 2 is 1.48 bits per heavy atom. The number of hydrogen-bond acceptors (Lipinski definition) is 3. The van der Waals surface area contributed by atoms with Crippen LogP contribution in [0.3, 0.4) is 0 Å². The van der Waals surface area contributed by atoms with Crippen molar-refractivity contribution in [3.05, 3.63) is 47.5 Å². The fourth-order valence-electron chi connectivity index (χ4n) is 1.96. The number of carbonyl (C=O) groups excluding carboxylic acids is 1. The van der Waals surface area contributed by atoms with Crippen molar-refractivity contribution in [1.29, 1.82) is 0 Å². The summed E-state index contributed by atoms with van der Waals surface area (Å²) in [4.78, 5) is 12.0. The summed E-state index contributed by atoms with van der Waals surface area (Å²) in [7, 11) is 0. The average Bonchev–Trinajstić information content (AvgIpc) is 2.52. The molecule has 0 heterocycles. The molecule has 6 heteroatoms. The van der Waals surface area contributed by atoms with Crippen LogP contribution in [0.4, 0.5) is 16.2 Å². The summed E-state index contributed by atoms with van der Waals surface area (Å²) in [5.74, 6) is 1.25. The van der Waals surface area contributed by atoms with Crippen LogP contribution in [0.2, 0.25) is 5.02 Å². The molecule has 2 aromatic carbocycles. The molecule has 2 amide bonds. The molecule has 23 heavy (non-hydrogen) atoms. The van der Waals surface area contributed by atoms with Crippen molar-refractivity contribution in [3.8, 4) is 11.5 Å². The zero-order valence-corrected chi connectivity index (χ0v) is 13.8. The number of nitrogens with one attached hydrogen (secondary N) is 2. The van der Waals surface area contributed by atoms with Gasteiger partial charge in [0.1, 0.15) is 0 Å². The topological polar surface area (TPSA) is 59.6 Å². The molecule has 2 rings (SSSR count). The van der Waals surface area contributed by atoms with Crippen molar-refractivity contribution in [2.75, 3.05) is 23.8 Å². The maximum Gasteiger partial charge on any atom is 0.323 e. The fourth-order valence-corrected chi connectivity index (χ4v) is 2.08. The van der Waals surface area contributed by atoms with E-state index in [4.69, 9.17) is 21.1 Å². The van der Waals surface area contributed by atoms with Crippen LogP contribution < -0.4 is 20.1 Å². The molecule has 0 spiro atoms. The van der Waals surface area contributed by atoms with E-state index in [0.29, 0.717) is 41.1 Å². The number of urea groups is 1. The van der Waals surface area contributed by atoms with Gasteiger partial charge in [-0.2, -0.15) is 0 Å². The molecular weight excluding hydrogens is 316 g/mol. The smallest absolute Gasteiger partial charge is 0.323 e. The highest BCUT2D eigenvalue weighted by molar-refractivity contribution is 6.30. The first kappa shape index (κ1) is 17.0. The molecule has 0 unspecified atom stereocenters. The maximum absolute atomic E-state index is 12.0. The van der Waals surface area contributed by atoms with Gasteiger partial charge in [0.2, 0.25) is 0 Å². The lowest BCUT2D eigenvalue weighted by Gasteiger charge is -2.13. The zero-order valence-electron chi connectivity index (χ0n) is 13.1. The van der Waals surface area contributed by atoms with E-state index in [9.17, 15) is 4.79 Å². The van der Waals surface area contributed by atoms with Crippen LogP contribution in [0, 0.1) is 0 Å². The number of halogens is 1. The Hall–Kier alpha value is -2.40. The molecule has 0 atom stereocenters. The summed E-state index contributed by atoms with van der Waals surface area (Å²) in [5, 5.41) is 6.10. The maximum atomic E-state index is 12.0. The molecule has 122 valence electrons. The van der Waals surface area contributed by atoms with Gasteiger partial charge in [0, 0.05) is 22.5 Å². The van der Waals surface area contributed by atoms with Crippen LogP contribution >= 0.6 is 11.6 Å². The van der Waals surface area contributed by atoms with Crippen molar-refractivity contribution in [2.24, 2.45) is 0 Å². The molecule has 0 radical (unpaired) electrons. The van der Waals surface area contributed by atoms with Gasteiger partial charge in [-0.25, -0.2) is 4.79 Å². The molecule has 0 aliphatic rings. The second-order valence-corrected chi connectivity index (χ2v) is 5.05. The fraction of sp³-hybridized carbons (Fsp3) is 0.235. The quantitative estimate of drug-likeness (QED) is 0.799. The zero-order chi connectivity index (χ0) is 16.7. The third-order valence-electron chi connectivity index (χ3n) is 2.90. The molecule has 0 aliphatic carbocycles. The van der Waals surface area contributed by atoms with Gasteiger partial charge in [0.05, 0.1) is 13.2 Å². The van der Waals surface area contributed by atoms with Gasteiger partial charge in [-0.05, 0) is 50.2 Å². The standard InChI is InChI=1S/C17H19ClN2O3/c1-3-22-15-10-9-14(11-16(15)23-4-2)20-17(21)19-13-7-5-12(18)6-8-13/h5-11H,3-4H2,1-2H3,(H2,19,20,21). The Morgan fingerprint density at radius 1 is 0.913 bits per heavy atom. The van der Waals surface area contributed by atoms with Crippen LogP contribution in [-0.4, -0.2) is 19.2 Å². The minimum absolute atomic E-state index is 0.348. The predicted octanol–water partition coefficient (Wildman–Crippen LogP) is 4.78. The van der Waals surface area contributed by atoms with Gasteiger partial charge in [-0.15, -0.1) is 0 Å². The number of ether oxygens (including phenoxy) is 2. The molecule has 0 aromatic heterocycles. The Kier molecular flexibility index (Phi) is 6.11. The van der Waals surface area contributed by atoms with Crippen molar-refractivity contribution < 1.29 is 14.3 Å². The molecular formula is C17H19ClN2O3. The monoisotopic (exact) mass is 334 g/mol. The highest BCUT2D eigenvalue weighted by atomic mass is 35.5. The van der Waals surface area contributed by atoms with E-state index in [1.807, 2.05) is 13.8 Å². The summed E-state index contributed by atoms with van der Waals surface area (Å²) in [6.07, 6.45) is 0. The Bertz CT molecular complexity index is 659. The Morgan fingerprint density at radius 3 is 2.13 bits per heavy atom. The van der Waals surface area contributed by atoms with E-state index in [1.54, 1.807) is 42.5 Å². The summed E-state index contributed by atoms with van der Waals surface area (Å²) in [6, 6.07) is 11.8. The molecule has 2 N–H and O–H groups in total. The highest BCUT2D eigenvalue weighted by Crippen LogP contribution is 2.30. The van der Waals surface area contributed by atoms with Crippen LogP contribution in [-0.2, 0) is 0 Å². The Labute approximate surface area is 140 Å². The molecule has 5 nitrogen and oxygen atoms in total. The molecule has 0 fully saturated rings. The normalized spacial score (nSPS) is 10.0. The Balaban J connectivity index is 2.05. The molecule has 2 aromatic rings.